The highest BCUT2D eigenvalue weighted by Gasteiger charge is 2.33. The maximum Gasteiger partial charge on any atom is 0.325 e. The van der Waals surface area contributed by atoms with Crippen LogP contribution < -0.4 is 44.2 Å². The van der Waals surface area contributed by atoms with Crippen LogP contribution in [0.4, 0.5) is 0 Å². The number of aliphatic carboxylic acids is 1. The number of carbonyl (C=O) groups excluding carboxylic acids is 5. The molecule has 0 radical (unpaired) electrons. The van der Waals surface area contributed by atoms with Crippen LogP contribution in [-0.2, 0) is 28.8 Å². The molecule has 0 saturated carbocycles. The Morgan fingerprint density at radius 2 is 1.20 bits per heavy atom. The first-order chi connectivity index (χ1) is 18.7. The van der Waals surface area contributed by atoms with E-state index >= 15 is 0 Å². The predicted octanol–water partition coefficient (Wildman–Crippen LogP) is -3.74. The number of unbranched alkanes of at least 4 members (excludes halogenated alkanes) is 2. The molecule has 0 bridgehead atoms. The number of aliphatic hydroxyl groups is 1. The second kappa shape index (κ2) is 19.7. The van der Waals surface area contributed by atoms with E-state index in [4.69, 9.17) is 28.0 Å². The molecule has 5 amide bonds. The van der Waals surface area contributed by atoms with Crippen molar-refractivity contribution in [1.29, 1.82) is 0 Å². The van der Waals surface area contributed by atoms with Crippen molar-refractivity contribution in [2.75, 3.05) is 13.1 Å². The van der Waals surface area contributed by atoms with Gasteiger partial charge in [-0.15, -0.1) is 0 Å². The molecule has 230 valence electrons. The van der Waals surface area contributed by atoms with Crippen LogP contribution in [0.3, 0.4) is 0 Å². The molecule has 40 heavy (non-hydrogen) atoms. The Balaban J connectivity index is 5.72. The largest absolute Gasteiger partial charge is 0.480 e. The van der Waals surface area contributed by atoms with Gasteiger partial charge in [0.15, 0.2) is 0 Å². The molecule has 16 nitrogen and oxygen atoms in total. The first-order valence-electron chi connectivity index (χ1n) is 13.3. The van der Waals surface area contributed by atoms with Crippen LogP contribution in [0.1, 0.15) is 65.2 Å². The number of nitrogens with one attached hydrogen (secondary N) is 4. The van der Waals surface area contributed by atoms with Crippen LogP contribution >= 0.6 is 0 Å². The van der Waals surface area contributed by atoms with Crippen molar-refractivity contribution < 1.29 is 39.0 Å². The summed E-state index contributed by atoms with van der Waals surface area (Å²) in [6.07, 6.45) is 0.763. The summed E-state index contributed by atoms with van der Waals surface area (Å²) >= 11 is 0. The Bertz CT molecular complexity index is 857. The van der Waals surface area contributed by atoms with Crippen molar-refractivity contribution >= 4 is 35.5 Å². The Kier molecular flexibility index (Phi) is 18.0. The molecule has 14 N–H and O–H groups in total. The number of carboxylic acids is 1. The van der Waals surface area contributed by atoms with E-state index in [1.54, 1.807) is 0 Å². The molecule has 0 saturated heterocycles. The standard InChI is InChI=1S/C24H46N8O8/c1-13(24(39)40)29-23(38)19(14(2)33)32-22(37)16(8-4-6-12-26)31-21(36)17(9-10-18(28)34)30-20(35)15(27)7-3-5-11-25/h13-17,19,33H,3-12,25-27H2,1-2H3,(H2,28,34)(H,29,38)(H,30,35)(H,31,36)(H,32,37)(H,39,40)/t13-,14+,15-,16-,17-,19-/m0/s1. The van der Waals surface area contributed by atoms with Crippen molar-refractivity contribution in [2.24, 2.45) is 22.9 Å². The molecule has 0 aliphatic heterocycles. The molecule has 0 heterocycles. The molecule has 0 aliphatic carbocycles. The molecule has 0 aromatic rings. The first-order valence-corrected chi connectivity index (χ1v) is 13.3. The summed E-state index contributed by atoms with van der Waals surface area (Å²) < 4.78 is 0. The number of carboxylic acid groups (broad SMARTS) is 1. The molecule has 0 aromatic carbocycles. The average Bonchev–Trinajstić information content (AvgIpc) is 2.88. The number of aliphatic hydroxyl groups excluding tert-OH is 1. The summed E-state index contributed by atoms with van der Waals surface area (Å²) in [5.74, 6) is -5.25. The molecular weight excluding hydrogens is 528 g/mol. The SMILES string of the molecule is C[C@H](NC(=O)[C@@H](NC(=O)[C@H](CCCCN)NC(=O)[C@H](CCC(N)=O)NC(=O)[C@@H](N)CCCCN)[C@@H](C)O)C(=O)O. The number of hydrogen-bond donors (Lipinski definition) is 10. The van der Waals surface area contributed by atoms with Crippen molar-refractivity contribution in [3.63, 3.8) is 0 Å². The van der Waals surface area contributed by atoms with Gasteiger partial charge in [-0.3, -0.25) is 28.8 Å². The third-order valence-corrected chi connectivity index (χ3v) is 5.99. The summed E-state index contributed by atoms with van der Waals surface area (Å²) in [5, 5.41) is 28.6. The summed E-state index contributed by atoms with van der Waals surface area (Å²) in [5.41, 5.74) is 22.1. The Hall–Kier alpha value is -3.34. The zero-order chi connectivity index (χ0) is 30.8. The van der Waals surface area contributed by atoms with Gasteiger partial charge in [0, 0.05) is 6.42 Å². The number of rotatable bonds is 21. The van der Waals surface area contributed by atoms with Gasteiger partial charge in [0.2, 0.25) is 29.5 Å². The van der Waals surface area contributed by atoms with E-state index in [9.17, 15) is 33.9 Å². The molecule has 0 aromatic heterocycles. The van der Waals surface area contributed by atoms with Crippen molar-refractivity contribution in [3.05, 3.63) is 0 Å². The van der Waals surface area contributed by atoms with Gasteiger partial charge >= 0.3 is 5.97 Å². The maximum absolute atomic E-state index is 13.2. The van der Waals surface area contributed by atoms with Crippen LogP contribution in [0.15, 0.2) is 0 Å². The number of carbonyl (C=O) groups is 6. The normalized spacial score (nSPS) is 15.4. The summed E-state index contributed by atoms with van der Waals surface area (Å²) in [6, 6.07) is -6.23. The van der Waals surface area contributed by atoms with Crippen LogP contribution in [0.2, 0.25) is 0 Å². The maximum atomic E-state index is 13.2. The second-order valence-electron chi connectivity index (χ2n) is 9.60. The number of amides is 5. The quantitative estimate of drug-likeness (QED) is 0.0594. The first kappa shape index (κ1) is 36.7. The second-order valence-corrected chi connectivity index (χ2v) is 9.60. The summed E-state index contributed by atoms with van der Waals surface area (Å²) in [7, 11) is 0. The molecule has 6 atom stereocenters. The average molecular weight is 575 g/mol. The minimum Gasteiger partial charge on any atom is -0.480 e. The lowest BCUT2D eigenvalue weighted by molar-refractivity contribution is -0.142. The Morgan fingerprint density at radius 3 is 1.70 bits per heavy atom. The zero-order valence-electron chi connectivity index (χ0n) is 23.2. The predicted molar refractivity (Wildman–Crippen MR) is 145 cm³/mol. The number of nitrogens with two attached hydrogens (primary N) is 4. The van der Waals surface area contributed by atoms with Gasteiger partial charge in [-0.1, -0.05) is 6.42 Å². The van der Waals surface area contributed by atoms with E-state index < -0.39 is 71.8 Å². The van der Waals surface area contributed by atoms with Crippen LogP contribution in [-0.4, -0.2) is 95.1 Å². The van der Waals surface area contributed by atoms with Crippen molar-refractivity contribution in [3.8, 4) is 0 Å². The monoisotopic (exact) mass is 574 g/mol. The topological polar surface area (TPSA) is 295 Å². The fourth-order valence-electron chi connectivity index (χ4n) is 3.53. The lowest BCUT2D eigenvalue weighted by Gasteiger charge is -2.27. The van der Waals surface area contributed by atoms with Crippen LogP contribution in [0, 0.1) is 0 Å². The van der Waals surface area contributed by atoms with E-state index in [2.05, 4.69) is 21.3 Å². The van der Waals surface area contributed by atoms with Gasteiger partial charge in [-0.2, -0.15) is 0 Å². The van der Waals surface area contributed by atoms with Gasteiger partial charge in [-0.25, -0.2) is 0 Å². The third-order valence-electron chi connectivity index (χ3n) is 5.99. The van der Waals surface area contributed by atoms with Crippen LogP contribution in [0.25, 0.3) is 0 Å². The molecule has 0 spiro atoms. The Morgan fingerprint density at radius 1 is 0.700 bits per heavy atom. The van der Waals surface area contributed by atoms with Crippen LogP contribution in [0.5, 0.6) is 0 Å². The fraction of sp³-hybridized carbons (Fsp3) is 0.750. The number of hydrogen-bond acceptors (Lipinski definition) is 10. The smallest absolute Gasteiger partial charge is 0.325 e. The van der Waals surface area contributed by atoms with E-state index in [1.807, 2.05) is 0 Å². The van der Waals surface area contributed by atoms with Crippen molar-refractivity contribution in [2.45, 2.75) is 102 Å². The van der Waals surface area contributed by atoms with Gasteiger partial charge < -0.3 is 54.4 Å². The lowest BCUT2D eigenvalue weighted by Crippen LogP contribution is -2.60. The van der Waals surface area contributed by atoms with Crippen molar-refractivity contribution in [1.82, 2.24) is 21.3 Å². The van der Waals surface area contributed by atoms with Gasteiger partial charge in [-0.05, 0) is 65.5 Å². The highest BCUT2D eigenvalue weighted by atomic mass is 16.4. The van der Waals surface area contributed by atoms with Gasteiger partial charge in [0.25, 0.3) is 0 Å². The highest BCUT2D eigenvalue weighted by Crippen LogP contribution is 2.07. The lowest BCUT2D eigenvalue weighted by atomic mass is 10.0. The minimum atomic E-state index is -1.53. The van der Waals surface area contributed by atoms with Gasteiger partial charge in [0.1, 0.15) is 24.2 Å². The molecule has 0 fully saturated rings. The third kappa shape index (κ3) is 14.7. The molecule has 0 rings (SSSR count). The van der Waals surface area contributed by atoms with E-state index in [1.165, 1.54) is 13.8 Å². The van der Waals surface area contributed by atoms with E-state index in [0.717, 1.165) is 0 Å². The molecule has 16 heteroatoms. The summed E-state index contributed by atoms with van der Waals surface area (Å²) in [4.78, 5) is 73.8. The van der Waals surface area contributed by atoms with Gasteiger partial charge in [0.05, 0.1) is 12.1 Å². The van der Waals surface area contributed by atoms with E-state index in [0.29, 0.717) is 45.2 Å². The Labute approximate surface area is 233 Å². The molecule has 0 unspecified atom stereocenters. The van der Waals surface area contributed by atoms with E-state index in [-0.39, 0.29) is 19.3 Å². The molecule has 0 aliphatic rings. The highest BCUT2D eigenvalue weighted by molar-refractivity contribution is 5.95. The minimum absolute atomic E-state index is 0.0868. The fourth-order valence-corrected chi connectivity index (χ4v) is 3.53. The zero-order valence-corrected chi connectivity index (χ0v) is 23.2. The molecular formula is C24H46N8O8. The number of primary amides is 1. The summed E-state index contributed by atoms with van der Waals surface area (Å²) in [6.45, 7) is 3.18.